The van der Waals surface area contributed by atoms with E-state index in [1.54, 1.807) is 6.07 Å². The topological polar surface area (TPSA) is 75.3 Å². The highest BCUT2D eigenvalue weighted by Gasteiger charge is 2.30. The number of nitrogens with zero attached hydrogens (tertiary/aromatic N) is 3. The Hall–Kier alpha value is -1.36. The maximum absolute atomic E-state index is 9.97. The molecule has 1 saturated heterocycles. The van der Waals surface area contributed by atoms with E-state index in [0.29, 0.717) is 11.7 Å². The van der Waals surface area contributed by atoms with Crippen molar-refractivity contribution in [3.8, 4) is 0 Å². The lowest BCUT2D eigenvalue weighted by molar-refractivity contribution is 0.00645. The standard InChI is InChI=1S/C12H20N4O/c1-12(2,17)9-5-7-16(8-6-9)11-4-3-10(13)14-15-11/h3-4,9,17H,5-8H2,1-2H3,(H2,13,14). The van der Waals surface area contributed by atoms with Crippen molar-refractivity contribution < 1.29 is 5.11 Å². The highest BCUT2D eigenvalue weighted by molar-refractivity contribution is 5.41. The van der Waals surface area contributed by atoms with Crippen LogP contribution in [0.25, 0.3) is 0 Å². The monoisotopic (exact) mass is 236 g/mol. The molecule has 0 saturated carbocycles. The second kappa shape index (κ2) is 4.49. The first kappa shape index (κ1) is 12.1. The van der Waals surface area contributed by atoms with Crippen LogP contribution in [0.3, 0.4) is 0 Å². The minimum absolute atomic E-state index is 0.362. The zero-order valence-electron chi connectivity index (χ0n) is 10.4. The van der Waals surface area contributed by atoms with Crippen LogP contribution in [0.15, 0.2) is 12.1 Å². The lowest BCUT2D eigenvalue weighted by atomic mass is 9.83. The number of rotatable bonds is 2. The van der Waals surface area contributed by atoms with E-state index >= 15 is 0 Å². The summed E-state index contributed by atoms with van der Waals surface area (Å²) in [6.45, 7) is 5.59. The highest BCUT2D eigenvalue weighted by atomic mass is 16.3. The fraction of sp³-hybridized carbons (Fsp3) is 0.667. The van der Waals surface area contributed by atoms with Gasteiger partial charge in [0.2, 0.25) is 0 Å². The zero-order valence-corrected chi connectivity index (χ0v) is 10.4. The van der Waals surface area contributed by atoms with Gasteiger partial charge in [-0.1, -0.05) is 0 Å². The molecule has 1 aromatic heterocycles. The summed E-state index contributed by atoms with van der Waals surface area (Å²) in [5, 5.41) is 17.9. The lowest BCUT2D eigenvalue weighted by Gasteiger charge is -2.38. The van der Waals surface area contributed by atoms with Gasteiger partial charge < -0.3 is 15.7 Å². The molecule has 1 aliphatic rings. The first-order valence-electron chi connectivity index (χ1n) is 6.03. The maximum atomic E-state index is 9.97. The summed E-state index contributed by atoms with van der Waals surface area (Å²) in [6, 6.07) is 3.66. The van der Waals surface area contributed by atoms with Crippen molar-refractivity contribution >= 4 is 11.6 Å². The van der Waals surface area contributed by atoms with Gasteiger partial charge in [0.1, 0.15) is 5.82 Å². The van der Waals surface area contributed by atoms with Gasteiger partial charge in [0, 0.05) is 13.1 Å². The van der Waals surface area contributed by atoms with Gasteiger partial charge >= 0.3 is 0 Å². The Balaban J connectivity index is 1.97. The maximum Gasteiger partial charge on any atom is 0.151 e. The van der Waals surface area contributed by atoms with Crippen LogP contribution >= 0.6 is 0 Å². The summed E-state index contributed by atoms with van der Waals surface area (Å²) in [4.78, 5) is 2.19. The number of nitrogen functional groups attached to an aromatic ring is 1. The number of hydrogen-bond donors (Lipinski definition) is 2. The molecule has 17 heavy (non-hydrogen) atoms. The Bertz CT molecular complexity index is 363. The minimum atomic E-state index is -0.584. The molecule has 0 radical (unpaired) electrons. The van der Waals surface area contributed by atoms with Gasteiger partial charge in [-0.05, 0) is 44.7 Å². The largest absolute Gasteiger partial charge is 0.390 e. The van der Waals surface area contributed by atoms with Crippen LogP contribution in [0.1, 0.15) is 26.7 Å². The molecule has 1 fully saturated rings. The van der Waals surface area contributed by atoms with E-state index in [1.165, 1.54) is 0 Å². The van der Waals surface area contributed by atoms with Crippen molar-refractivity contribution in [3.05, 3.63) is 12.1 Å². The Morgan fingerprint density at radius 2 is 1.94 bits per heavy atom. The third-order valence-corrected chi connectivity index (χ3v) is 3.49. The predicted molar refractivity (Wildman–Crippen MR) is 67.7 cm³/mol. The molecule has 2 rings (SSSR count). The molecule has 94 valence electrons. The molecule has 0 atom stereocenters. The predicted octanol–water partition coefficient (Wildman–Crippen LogP) is 1.05. The van der Waals surface area contributed by atoms with Crippen LogP contribution in [0.5, 0.6) is 0 Å². The van der Waals surface area contributed by atoms with Gasteiger partial charge in [-0.3, -0.25) is 0 Å². The average Bonchev–Trinajstić information content (AvgIpc) is 2.29. The van der Waals surface area contributed by atoms with E-state index in [1.807, 2.05) is 19.9 Å². The number of hydrogen-bond acceptors (Lipinski definition) is 5. The number of piperidine rings is 1. The first-order chi connectivity index (χ1) is 7.97. The van der Waals surface area contributed by atoms with Crippen LogP contribution in [0.2, 0.25) is 0 Å². The van der Waals surface area contributed by atoms with Crippen molar-refractivity contribution in [2.75, 3.05) is 23.7 Å². The Kier molecular flexibility index (Phi) is 3.19. The SMILES string of the molecule is CC(C)(O)C1CCN(c2ccc(N)nn2)CC1. The van der Waals surface area contributed by atoms with E-state index < -0.39 is 5.60 Å². The molecule has 5 heteroatoms. The zero-order chi connectivity index (χ0) is 12.5. The second-order valence-electron chi connectivity index (χ2n) is 5.23. The van der Waals surface area contributed by atoms with Gasteiger partial charge in [-0.2, -0.15) is 0 Å². The van der Waals surface area contributed by atoms with Gasteiger partial charge in [-0.25, -0.2) is 0 Å². The Morgan fingerprint density at radius 3 is 2.41 bits per heavy atom. The average molecular weight is 236 g/mol. The van der Waals surface area contributed by atoms with Crippen molar-refractivity contribution in [1.82, 2.24) is 10.2 Å². The lowest BCUT2D eigenvalue weighted by Crippen LogP contribution is -2.42. The second-order valence-corrected chi connectivity index (χ2v) is 5.23. The molecule has 1 aromatic rings. The fourth-order valence-electron chi connectivity index (χ4n) is 2.32. The Labute approximate surface area is 102 Å². The van der Waals surface area contributed by atoms with Gasteiger partial charge in [-0.15, -0.1) is 10.2 Å². The van der Waals surface area contributed by atoms with Crippen LogP contribution in [-0.2, 0) is 0 Å². The van der Waals surface area contributed by atoms with Crippen molar-refractivity contribution in [3.63, 3.8) is 0 Å². The van der Waals surface area contributed by atoms with E-state index in [2.05, 4.69) is 15.1 Å². The van der Waals surface area contributed by atoms with Crippen molar-refractivity contribution in [2.45, 2.75) is 32.3 Å². The molecule has 5 nitrogen and oxygen atoms in total. The third-order valence-electron chi connectivity index (χ3n) is 3.49. The first-order valence-corrected chi connectivity index (χ1v) is 6.03. The fourth-order valence-corrected chi connectivity index (χ4v) is 2.32. The number of aliphatic hydroxyl groups is 1. The molecule has 0 aromatic carbocycles. The van der Waals surface area contributed by atoms with E-state index in [-0.39, 0.29) is 0 Å². The normalized spacial score (nSPS) is 18.4. The molecule has 1 aliphatic heterocycles. The molecule has 0 amide bonds. The quantitative estimate of drug-likeness (QED) is 0.802. The molecule has 0 bridgehead atoms. The Morgan fingerprint density at radius 1 is 1.29 bits per heavy atom. The molecular weight excluding hydrogens is 216 g/mol. The van der Waals surface area contributed by atoms with Gasteiger partial charge in [0.15, 0.2) is 5.82 Å². The minimum Gasteiger partial charge on any atom is -0.390 e. The summed E-state index contributed by atoms with van der Waals surface area (Å²) < 4.78 is 0. The molecule has 0 aliphatic carbocycles. The van der Waals surface area contributed by atoms with Crippen LogP contribution in [0.4, 0.5) is 11.6 Å². The smallest absolute Gasteiger partial charge is 0.151 e. The number of nitrogens with two attached hydrogens (primary N) is 1. The van der Waals surface area contributed by atoms with Crippen molar-refractivity contribution in [1.29, 1.82) is 0 Å². The van der Waals surface area contributed by atoms with E-state index in [0.717, 1.165) is 31.7 Å². The molecule has 0 spiro atoms. The summed E-state index contributed by atoms with van der Waals surface area (Å²) in [5.74, 6) is 1.68. The summed E-state index contributed by atoms with van der Waals surface area (Å²) in [5.41, 5.74) is 4.93. The third kappa shape index (κ3) is 2.85. The summed E-state index contributed by atoms with van der Waals surface area (Å²) in [7, 11) is 0. The van der Waals surface area contributed by atoms with Gasteiger partial charge in [0.25, 0.3) is 0 Å². The van der Waals surface area contributed by atoms with E-state index in [4.69, 9.17) is 5.73 Å². The summed E-state index contributed by atoms with van der Waals surface area (Å²) in [6.07, 6.45) is 1.96. The van der Waals surface area contributed by atoms with Crippen LogP contribution in [0, 0.1) is 5.92 Å². The number of anilines is 2. The molecule has 0 unspecified atom stereocenters. The molecule has 2 heterocycles. The molecule has 3 N–H and O–H groups in total. The van der Waals surface area contributed by atoms with Crippen molar-refractivity contribution in [2.24, 2.45) is 5.92 Å². The van der Waals surface area contributed by atoms with Crippen LogP contribution < -0.4 is 10.6 Å². The summed E-state index contributed by atoms with van der Waals surface area (Å²) >= 11 is 0. The number of aromatic nitrogens is 2. The van der Waals surface area contributed by atoms with E-state index in [9.17, 15) is 5.11 Å². The van der Waals surface area contributed by atoms with Crippen LogP contribution in [-0.4, -0.2) is 34.0 Å². The highest BCUT2D eigenvalue weighted by Crippen LogP contribution is 2.29. The molecular formula is C12H20N4O. The van der Waals surface area contributed by atoms with Gasteiger partial charge in [0.05, 0.1) is 5.60 Å².